The van der Waals surface area contributed by atoms with Gasteiger partial charge in [-0.2, -0.15) is 0 Å². The van der Waals surface area contributed by atoms with Crippen molar-refractivity contribution in [3.63, 3.8) is 0 Å². The van der Waals surface area contributed by atoms with Crippen LogP contribution in [0.15, 0.2) is 18.2 Å². The van der Waals surface area contributed by atoms with E-state index in [0.29, 0.717) is 18.6 Å². The molecule has 2 aliphatic rings. The van der Waals surface area contributed by atoms with Crippen LogP contribution in [0.1, 0.15) is 34.7 Å². The van der Waals surface area contributed by atoms with Crippen molar-refractivity contribution < 1.29 is 19.7 Å². The highest BCUT2D eigenvalue weighted by molar-refractivity contribution is 5.91. The second-order valence-electron chi connectivity index (χ2n) is 4.42. The molecule has 1 aromatic rings. The number of carboxylic acids is 1. The Morgan fingerprint density at radius 1 is 1.38 bits per heavy atom. The van der Waals surface area contributed by atoms with Crippen molar-refractivity contribution in [3.8, 4) is 5.75 Å². The third kappa shape index (κ3) is 1.23. The minimum atomic E-state index is -0.961. The lowest BCUT2D eigenvalue weighted by atomic mass is 9.96. The highest BCUT2D eigenvalue weighted by Crippen LogP contribution is 2.48. The summed E-state index contributed by atoms with van der Waals surface area (Å²) in [6.07, 6.45) is 0.890. The van der Waals surface area contributed by atoms with Crippen LogP contribution < -0.4 is 4.74 Å². The molecule has 0 amide bonds. The summed E-state index contributed by atoms with van der Waals surface area (Å²) in [4.78, 5) is 11.0. The van der Waals surface area contributed by atoms with Gasteiger partial charge in [-0.25, -0.2) is 4.79 Å². The Bertz CT molecular complexity index is 454. The molecule has 16 heavy (non-hydrogen) atoms. The first-order valence-corrected chi connectivity index (χ1v) is 5.37. The standard InChI is InChI=1S/C12H12O4/c13-6-4-9-7-2-1-3-8(12(14)15)11(7)16-10(9)5-6/h1-3,6,9-10,13H,4-5H2,(H,14,15)/t6-,9-,10+/m1/s1. The van der Waals surface area contributed by atoms with Crippen LogP contribution in [0.3, 0.4) is 0 Å². The molecule has 0 saturated heterocycles. The van der Waals surface area contributed by atoms with E-state index in [1.165, 1.54) is 0 Å². The molecule has 0 spiro atoms. The zero-order valence-corrected chi connectivity index (χ0v) is 8.59. The third-order valence-corrected chi connectivity index (χ3v) is 3.42. The van der Waals surface area contributed by atoms with Crippen molar-refractivity contribution in [1.29, 1.82) is 0 Å². The van der Waals surface area contributed by atoms with E-state index in [2.05, 4.69) is 0 Å². The van der Waals surface area contributed by atoms with Gasteiger partial charge in [-0.3, -0.25) is 0 Å². The van der Waals surface area contributed by atoms with E-state index in [1.54, 1.807) is 12.1 Å². The molecule has 1 heterocycles. The molecule has 1 aliphatic heterocycles. The van der Waals surface area contributed by atoms with Crippen LogP contribution in [0.25, 0.3) is 0 Å². The molecule has 0 unspecified atom stereocenters. The molecule has 3 rings (SSSR count). The lowest BCUT2D eigenvalue weighted by Crippen LogP contribution is -2.13. The Labute approximate surface area is 92.5 Å². The van der Waals surface area contributed by atoms with Gasteiger partial charge in [0, 0.05) is 17.9 Å². The van der Waals surface area contributed by atoms with Gasteiger partial charge in [-0.1, -0.05) is 12.1 Å². The van der Waals surface area contributed by atoms with Crippen LogP contribution in [0, 0.1) is 0 Å². The summed E-state index contributed by atoms with van der Waals surface area (Å²) in [5.74, 6) is -0.307. The number of carbonyl (C=O) groups is 1. The minimum absolute atomic E-state index is 0.0505. The minimum Gasteiger partial charge on any atom is -0.488 e. The quantitative estimate of drug-likeness (QED) is 0.750. The second-order valence-corrected chi connectivity index (χ2v) is 4.42. The fourth-order valence-corrected chi connectivity index (χ4v) is 2.73. The fourth-order valence-electron chi connectivity index (χ4n) is 2.73. The van der Waals surface area contributed by atoms with Crippen LogP contribution in [-0.2, 0) is 0 Å². The number of hydrogen-bond donors (Lipinski definition) is 2. The largest absolute Gasteiger partial charge is 0.488 e. The van der Waals surface area contributed by atoms with Crippen LogP contribution >= 0.6 is 0 Å². The summed E-state index contributed by atoms with van der Waals surface area (Å²) >= 11 is 0. The third-order valence-electron chi connectivity index (χ3n) is 3.42. The van der Waals surface area contributed by atoms with Gasteiger partial charge in [0.1, 0.15) is 17.4 Å². The van der Waals surface area contributed by atoms with Gasteiger partial charge in [-0.05, 0) is 12.5 Å². The molecule has 1 aromatic carbocycles. The molecule has 4 heteroatoms. The number of ether oxygens (including phenoxy) is 1. The number of hydrogen-bond acceptors (Lipinski definition) is 3. The Morgan fingerprint density at radius 2 is 2.19 bits per heavy atom. The van der Waals surface area contributed by atoms with Crippen molar-refractivity contribution >= 4 is 5.97 Å². The van der Waals surface area contributed by atoms with E-state index < -0.39 is 5.97 Å². The normalized spacial score (nSPS) is 30.7. The highest BCUT2D eigenvalue weighted by atomic mass is 16.5. The average molecular weight is 220 g/mol. The predicted octanol–water partition coefficient (Wildman–Crippen LogP) is 1.38. The van der Waals surface area contributed by atoms with E-state index in [0.717, 1.165) is 5.56 Å². The smallest absolute Gasteiger partial charge is 0.339 e. The van der Waals surface area contributed by atoms with E-state index in [9.17, 15) is 9.90 Å². The molecule has 0 aromatic heterocycles. The number of fused-ring (bicyclic) bond motifs is 3. The van der Waals surface area contributed by atoms with Gasteiger partial charge in [0.2, 0.25) is 0 Å². The number of carboxylic acid groups (broad SMARTS) is 1. The van der Waals surface area contributed by atoms with E-state index in [4.69, 9.17) is 9.84 Å². The van der Waals surface area contributed by atoms with Crippen LogP contribution in [0.4, 0.5) is 0 Å². The van der Waals surface area contributed by atoms with Gasteiger partial charge in [0.05, 0.1) is 6.10 Å². The molecular formula is C12H12O4. The summed E-state index contributed by atoms with van der Waals surface area (Å²) < 4.78 is 5.65. The molecule has 2 N–H and O–H groups in total. The van der Waals surface area contributed by atoms with Crippen molar-refractivity contribution in [2.75, 3.05) is 0 Å². The summed E-state index contributed by atoms with van der Waals surface area (Å²) in [6.45, 7) is 0. The topological polar surface area (TPSA) is 66.8 Å². The lowest BCUT2D eigenvalue weighted by molar-refractivity contribution is 0.0690. The predicted molar refractivity (Wildman–Crippen MR) is 55.8 cm³/mol. The van der Waals surface area contributed by atoms with Crippen molar-refractivity contribution in [2.45, 2.75) is 31.0 Å². The first kappa shape index (κ1) is 9.66. The number of para-hydroxylation sites is 1. The van der Waals surface area contributed by atoms with Crippen molar-refractivity contribution in [1.82, 2.24) is 0 Å². The van der Waals surface area contributed by atoms with E-state index >= 15 is 0 Å². The summed E-state index contributed by atoms with van der Waals surface area (Å²) in [5, 5.41) is 18.6. The SMILES string of the molecule is O=C(O)c1cccc2c1O[C@H]1C[C@H](O)C[C@H]21. The summed E-state index contributed by atoms with van der Waals surface area (Å²) in [6, 6.07) is 5.18. The van der Waals surface area contributed by atoms with Gasteiger partial charge in [-0.15, -0.1) is 0 Å². The molecule has 1 saturated carbocycles. The van der Waals surface area contributed by atoms with E-state index in [1.807, 2.05) is 6.07 Å². The number of aromatic carboxylic acids is 1. The molecule has 0 radical (unpaired) electrons. The van der Waals surface area contributed by atoms with Crippen LogP contribution in [-0.4, -0.2) is 28.4 Å². The first-order valence-electron chi connectivity index (χ1n) is 5.37. The summed E-state index contributed by atoms with van der Waals surface area (Å²) in [5.41, 5.74) is 1.16. The maximum Gasteiger partial charge on any atom is 0.339 e. The molecule has 84 valence electrons. The molecule has 3 atom stereocenters. The van der Waals surface area contributed by atoms with Gasteiger partial charge in [0.25, 0.3) is 0 Å². The second kappa shape index (κ2) is 3.22. The van der Waals surface area contributed by atoms with Crippen molar-refractivity contribution in [3.05, 3.63) is 29.3 Å². The molecule has 0 bridgehead atoms. The summed E-state index contributed by atoms with van der Waals surface area (Å²) in [7, 11) is 0. The molecule has 4 nitrogen and oxygen atoms in total. The lowest BCUT2D eigenvalue weighted by Gasteiger charge is -2.09. The maximum atomic E-state index is 11.0. The van der Waals surface area contributed by atoms with Gasteiger partial charge < -0.3 is 14.9 Å². The Kier molecular flexibility index (Phi) is 1.94. The number of rotatable bonds is 1. The van der Waals surface area contributed by atoms with E-state index in [-0.39, 0.29) is 23.7 Å². The molecular weight excluding hydrogens is 208 g/mol. The fraction of sp³-hybridized carbons (Fsp3) is 0.417. The highest BCUT2D eigenvalue weighted by Gasteiger charge is 2.43. The van der Waals surface area contributed by atoms with Crippen LogP contribution in [0.2, 0.25) is 0 Å². The zero-order valence-electron chi connectivity index (χ0n) is 8.59. The number of aliphatic hydroxyl groups excluding tert-OH is 1. The Morgan fingerprint density at radius 3 is 2.94 bits per heavy atom. The molecule has 1 aliphatic carbocycles. The van der Waals surface area contributed by atoms with Crippen molar-refractivity contribution in [2.24, 2.45) is 0 Å². The molecule has 1 fully saturated rings. The number of benzene rings is 1. The zero-order chi connectivity index (χ0) is 11.3. The average Bonchev–Trinajstić information content (AvgIpc) is 2.72. The first-order chi connectivity index (χ1) is 7.66. The Hall–Kier alpha value is -1.55. The van der Waals surface area contributed by atoms with Gasteiger partial charge >= 0.3 is 5.97 Å². The monoisotopic (exact) mass is 220 g/mol. The Balaban J connectivity index is 2.06. The maximum absolute atomic E-state index is 11.0. The van der Waals surface area contributed by atoms with Gasteiger partial charge in [0.15, 0.2) is 0 Å². The number of aliphatic hydroxyl groups is 1. The van der Waals surface area contributed by atoms with Crippen LogP contribution in [0.5, 0.6) is 5.75 Å².